The minimum atomic E-state index is 0.505. The monoisotopic (exact) mass is 359 g/mol. The molecule has 1 unspecified atom stereocenters. The maximum Gasteiger partial charge on any atom is 0.0359 e. The predicted molar refractivity (Wildman–Crippen MR) is 80.2 cm³/mol. The van der Waals surface area contributed by atoms with Crippen LogP contribution in [0.25, 0.3) is 0 Å². The Labute approximate surface area is 121 Å². The molecule has 3 heteroatoms. The molecule has 0 aromatic heterocycles. The molecule has 2 rings (SSSR count). The summed E-state index contributed by atoms with van der Waals surface area (Å²) in [5, 5.41) is 3.66. The number of halogens is 2. The third-order valence-corrected chi connectivity index (χ3v) is 4.77. The SMILES string of the molecule is CCNC(c1ccc(Br)cc1Br)C1CCCC1. The van der Waals surface area contributed by atoms with Crippen LogP contribution >= 0.6 is 31.9 Å². The summed E-state index contributed by atoms with van der Waals surface area (Å²) in [7, 11) is 0. The third-order valence-electron chi connectivity index (χ3n) is 3.59. The van der Waals surface area contributed by atoms with Crippen LogP contribution in [0.2, 0.25) is 0 Å². The van der Waals surface area contributed by atoms with Crippen molar-refractivity contribution < 1.29 is 0 Å². The van der Waals surface area contributed by atoms with Gasteiger partial charge in [-0.1, -0.05) is 57.7 Å². The second-order valence-electron chi connectivity index (χ2n) is 4.75. The summed E-state index contributed by atoms with van der Waals surface area (Å²) in [6, 6.07) is 7.03. The van der Waals surface area contributed by atoms with E-state index in [0.717, 1.165) is 16.9 Å². The molecule has 0 bridgehead atoms. The highest BCUT2D eigenvalue weighted by molar-refractivity contribution is 9.11. The van der Waals surface area contributed by atoms with Crippen LogP contribution in [0.15, 0.2) is 27.1 Å². The molecule has 94 valence electrons. The zero-order chi connectivity index (χ0) is 12.3. The molecule has 1 aromatic rings. The Morgan fingerprint density at radius 1 is 1.29 bits per heavy atom. The highest BCUT2D eigenvalue weighted by atomic mass is 79.9. The van der Waals surface area contributed by atoms with Crippen molar-refractivity contribution in [3.05, 3.63) is 32.7 Å². The second kappa shape index (κ2) is 6.35. The van der Waals surface area contributed by atoms with Crippen LogP contribution < -0.4 is 5.32 Å². The molecule has 0 saturated heterocycles. The van der Waals surface area contributed by atoms with Crippen molar-refractivity contribution in [3.8, 4) is 0 Å². The molecule has 1 nitrogen and oxygen atoms in total. The lowest BCUT2D eigenvalue weighted by Crippen LogP contribution is -2.27. The van der Waals surface area contributed by atoms with E-state index in [-0.39, 0.29) is 0 Å². The van der Waals surface area contributed by atoms with E-state index in [1.807, 2.05) is 0 Å². The van der Waals surface area contributed by atoms with Gasteiger partial charge in [-0.05, 0) is 43.0 Å². The molecule has 1 aromatic carbocycles. The van der Waals surface area contributed by atoms with Gasteiger partial charge in [-0.2, -0.15) is 0 Å². The number of hydrogen-bond acceptors (Lipinski definition) is 1. The maximum absolute atomic E-state index is 3.69. The average Bonchev–Trinajstić information content (AvgIpc) is 2.80. The van der Waals surface area contributed by atoms with Gasteiger partial charge in [0.15, 0.2) is 0 Å². The first kappa shape index (κ1) is 13.6. The van der Waals surface area contributed by atoms with Crippen LogP contribution in [0, 0.1) is 5.92 Å². The summed E-state index contributed by atoms with van der Waals surface area (Å²) in [5.74, 6) is 0.799. The number of hydrogen-bond donors (Lipinski definition) is 1. The second-order valence-corrected chi connectivity index (χ2v) is 6.52. The Morgan fingerprint density at radius 2 is 2.00 bits per heavy atom. The number of benzene rings is 1. The topological polar surface area (TPSA) is 12.0 Å². The Hall–Kier alpha value is 0.140. The molecule has 0 heterocycles. The molecule has 0 radical (unpaired) electrons. The minimum Gasteiger partial charge on any atom is -0.310 e. The Bertz CT molecular complexity index is 372. The summed E-state index contributed by atoms with van der Waals surface area (Å²) < 4.78 is 2.35. The van der Waals surface area contributed by atoms with Gasteiger partial charge in [-0.3, -0.25) is 0 Å². The van der Waals surface area contributed by atoms with Crippen LogP contribution in [-0.2, 0) is 0 Å². The summed E-state index contributed by atoms with van der Waals surface area (Å²) in [5.41, 5.74) is 1.40. The molecular formula is C14H19Br2N. The van der Waals surface area contributed by atoms with Gasteiger partial charge in [0.05, 0.1) is 0 Å². The highest BCUT2D eigenvalue weighted by Crippen LogP contribution is 2.38. The van der Waals surface area contributed by atoms with Crippen molar-refractivity contribution in [1.29, 1.82) is 0 Å². The van der Waals surface area contributed by atoms with E-state index in [1.54, 1.807) is 0 Å². The van der Waals surface area contributed by atoms with Crippen LogP contribution in [0.4, 0.5) is 0 Å². The molecule has 1 aliphatic carbocycles. The van der Waals surface area contributed by atoms with E-state index in [2.05, 4.69) is 62.3 Å². The molecule has 1 aliphatic rings. The van der Waals surface area contributed by atoms with Crippen LogP contribution in [-0.4, -0.2) is 6.54 Å². The van der Waals surface area contributed by atoms with Gasteiger partial charge in [0.1, 0.15) is 0 Å². The standard InChI is InChI=1S/C14H19Br2N/c1-2-17-14(10-5-3-4-6-10)12-8-7-11(15)9-13(12)16/h7-10,14,17H,2-6H2,1H3. The van der Waals surface area contributed by atoms with E-state index >= 15 is 0 Å². The largest absolute Gasteiger partial charge is 0.310 e. The number of nitrogens with one attached hydrogen (secondary N) is 1. The first-order valence-electron chi connectivity index (χ1n) is 6.40. The fraction of sp³-hybridized carbons (Fsp3) is 0.571. The van der Waals surface area contributed by atoms with Gasteiger partial charge in [0.2, 0.25) is 0 Å². The molecule has 17 heavy (non-hydrogen) atoms. The van der Waals surface area contributed by atoms with E-state index in [9.17, 15) is 0 Å². The Balaban J connectivity index is 2.24. The lowest BCUT2D eigenvalue weighted by Gasteiger charge is -2.26. The zero-order valence-electron chi connectivity index (χ0n) is 10.2. The van der Waals surface area contributed by atoms with Crippen LogP contribution in [0.5, 0.6) is 0 Å². The van der Waals surface area contributed by atoms with Crippen LogP contribution in [0.3, 0.4) is 0 Å². The first-order chi connectivity index (χ1) is 8.22. The predicted octanol–water partition coefficient (Wildman–Crippen LogP) is 5.05. The third kappa shape index (κ3) is 3.33. The van der Waals surface area contributed by atoms with Crippen LogP contribution in [0.1, 0.15) is 44.2 Å². The van der Waals surface area contributed by atoms with Crippen molar-refractivity contribution in [1.82, 2.24) is 5.32 Å². The Kier molecular flexibility index (Phi) is 5.07. The normalized spacial score (nSPS) is 18.5. The molecule has 0 spiro atoms. The van der Waals surface area contributed by atoms with E-state index in [1.165, 1.54) is 35.7 Å². The number of rotatable bonds is 4. The molecule has 1 atom stereocenters. The van der Waals surface area contributed by atoms with Gasteiger partial charge in [0, 0.05) is 15.0 Å². The van der Waals surface area contributed by atoms with E-state index in [4.69, 9.17) is 0 Å². The van der Waals surface area contributed by atoms with Crippen molar-refractivity contribution in [2.45, 2.75) is 38.6 Å². The molecule has 1 saturated carbocycles. The van der Waals surface area contributed by atoms with Crippen molar-refractivity contribution >= 4 is 31.9 Å². The van der Waals surface area contributed by atoms with E-state index < -0.39 is 0 Å². The summed E-state index contributed by atoms with van der Waals surface area (Å²) in [6.45, 7) is 3.22. The Morgan fingerprint density at radius 3 is 2.59 bits per heavy atom. The van der Waals surface area contributed by atoms with Crippen molar-refractivity contribution in [2.75, 3.05) is 6.54 Å². The maximum atomic E-state index is 3.69. The van der Waals surface area contributed by atoms with Gasteiger partial charge < -0.3 is 5.32 Å². The summed E-state index contributed by atoms with van der Waals surface area (Å²) in [6.07, 6.45) is 5.50. The fourth-order valence-corrected chi connectivity index (χ4v) is 4.09. The fourth-order valence-electron chi connectivity index (χ4n) is 2.79. The lowest BCUT2D eigenvalue weighted by molar-refractivity contribution is 0.373. The first-order valence-corrected chi connectivity index (χ1v) is 7.99. The highest BCUT2D eigenvalue weighted by Gasteiger charge is 2.26. The van der Waals surface area contributed by atoms with Gasteiger partial charge in [-0.15, -0.1) is 0 Å². The molecular weight excluding hydrogens is 342 g/mol. The summed E-state index contributed by atoms with van der Waals surface area (Å²) in [4.78, 5) is 0. The quantitative estimate of drug-likeness (QED) is 0.791. The summed E-state index contributed by atoms with van der Waals surface area (Å²) >= 11 is 7.21. The molecule has 1 N–H and O–H groups in total. The lowest BCUT2D eigenvalue weighted by atomic mass is 9.91. The van der Waals surface area contributed by atoms with Crippen molar-refractivity contribution in [2.24, 2.45) is 5.92 Å². The van der Waals surface area contributed by atoms with Crippen molar-refractivity contribution in [3.63, 3.8) is 0 Å². The van der Waals surface area contributed by atoms with Gasteiger partial charge >= 0.3 is 0 Å². The van der Waals surface area contributed by atoms with E-state index in [0.29, 0.717) is 6.04 Å². The van der Waals surface area contributed by atoms with Gasteiger partial charge in [0.25, 0.3) is 0 Å². The minimum absolute atomic E-state index is 0.505. The molecule has 0 amide bonds. The average molecular weight is 361 g/mol. The van der Waals surface area contributed by atoms with Gasteiger partial charge in [-0.25, -0.2) is 0 Å². The molecule has 0 aliphatic heterocycles. The zero-order valence-corrected chi connectivity index (χ0v) is 13.4. The molecule has 1 fully saturated rings. The smallest absolute Gasteiger partial charge is 0.0359 e.